The van der Waals surface area contributed by atoms with Gasteiger partial charge in [0.25, 0.3) is 0 Å². The Balaban J connectivity index is 1.74. The predicted octanol–water partition coefficient (Wildman–Crippen LogP) is 6.00. The molecule has 0 fully saturated rings. The average Bonchev–Trinajstić information content (AvgIpc) is 3.03. The van der Waals surface area contributed by atoms with Gasteiger partial charge in [0.2, 0.25) is 0 Å². The van der Waals surface area contributed by atoms with E-state index in [2.05, 4.69) is 10.3 Å². The van der Waals surface area contributed by atoms with Gasteiger partial charge in [0.15, 0.2) is 0 Å². The normalized spacial score (nSPS) is 11.7. The second-order valence-electron chi connectivity index (χ2n) is 7.40. The molecule has 0 aliphatic carbocycles. The van der Waals surface area contributed by atoms with Gasteiger partial charge in [-0.3, -0.25) is 10.3 Å². The number of carbonyl (C=O) groups is 1. The van der Waals surface area contributed by atoms with E-state index in [4.69, 9.17) is 9.15 Å². The first kappa shape index (κ1) is 17.1. The van der Waals surface area contributed by atoms with Gasteiger partial charge in [0.1, 0.15) is 16.9 Å². The quantitative estimate of drug-likeness (QED) is 0.476. The minimum atomic E-state index is -0.551. The Morgan fingerprint density at radius 3 is 2.63 bits per heavy atom. The molecule has 5 nitrogen and oxygen atoms in total. The molecule has 0 bridgehead atoms. The van der Waals surface area contributed by atoms with E-state index in [1.165, 1.54) is 0 Å². The molecule has 0 aliphatic heterocycles. The Kier molecular flexibility index (Phi) is 4.07. The molecule has 0 radical (unpaired) electrons. The number of benzene rings is 2. The van der Waals surface area contributed by atoms with E-state index in [1.54, 1.807) is 12.4 Å². The number of carbonyl (C=O) groups excluding carboxylic acids is 1. The number of hydrogen-bond donors (Lipinski definition) is 1. The van der Waals surface area contributed by atoms with Crippen molar-refractivity contribution in [1.82, 2.24) is 4.98 Å². The molecular weight excluding hydrogens is 340 g/mol. The number of pyridine rings is 1. The molecule has 1 amide bonds. The summed E-state index contributed by atoms with van der Waals surface area (Å²) < 4.78 is 11.3. The number of anilines is 1. The zero-order valence-corrected chi connectivity index (χ0v) is 15.4. The highest BCUT2D eigenvalue weighted by Gasteiger charge is 2.17. The molecule has 136 valence electrons. The number of para-hydroxylation sites is 1. The summed E-state index contributed by atoms with van der Waals surface area (Å²) in [5.41, 5.74) is 1.80. The van der Waals surface area contributed by atoms with Gasteiger partial charge in [-0.1, -0.05) is 24.3 Å². The summed E-state index contributed by atoms with van der Waals surface area (Å²) in [5, 5.41) is 5.72. The van der Waals surface area contributed by atoms with Crippen LogP contribution in [0.15, 0.2) is 65.3 Å². The molecule has 0 saturated carbocycles. The number of amides is 1. The van der Waals surface area contributed by atoms with Gasteiger partial charge in [-0.2, -0.15) is 0 Å². The lowest BCUT2D eigenvalue weighted by atomic mass is 10.0. The lowest BCUT2D eigenvalue weighted by Crippen LogP contribution is -2.27. The molecule has 0 saturated heterocycles. The van der Waals surface area contributed by atoms with Crippen LogP contribution in [0, 0.1) is 0 Å². The van der Waals surface area contributed by atoms with Crippen molar-refractivity contribution < 1.29 is 13.9 Å². The van der Waals surface area contributed by atoms with E-state index < -0.39 is 11.7 Å². The molecule has 5 heteroatoms. The second-order valence-corrected chi connectivity index (χ2v) is 7.40. The van der Waals surface area contributed by atoms with Crippen LogP contribution < -0.4 is 5.32 Å². The van der Waals surface area contributed by atoms with Crippen LogP contribution in [-0.2, 0) is 4.74 Å². The second kappa shape index (κ2) is 6.43. The first-order chi connectivity index (χ1) is 12.9. The first-order valence-corrected chi connectivity index (χ1v) is 8.76. The summed E-state index contributed by atoms with van der Waals surface area (Å²) >= 11 is 0. The van der Waals surface area contributed by atoms with Gasteiger partial charge < -0.3 is 9.15 Å². The number of furan rings is 1. The van der Waals surface area contributed by atoms with E-state index in [1.807, 2.05) is 69.3 Å². The Hall–Kier alpha value is -3.34. The van der Waals surface area contributed by atoms with Gasteiger partial charge in [-0.15, -0.1) is 0 Å². The van der Waals surface area contributed by atoms with Crippen molar-refractivity contribution in [2.24, 2.45) is 0 Å². The lowest BCUT2D eigenvalue weighted by Gasteiger charge is -2.19. The van der Waals surface area contributed by atoms with Crippen molar-refractivity contribution in [2.45, 2.75) is 26.4 Å². The Morgan fingerprint density at radius 1 is 1.04 bits per heavy atom. The molecule has 2 aromatic heterocycles. The van der Waals surface area contributed by atoms with Crippen LogP contribution in [0.1, 0.15) is 20.8 Å². The Morgan fingerprint density at radius 2 is 1.85 bits per heavy atom. The van der Waals surface area contributed by atoms with Crippen LogP contribution in [0.3, 0.4) is 0 Å². The lowest BCUT2D eigenvalue weighted by molar-refractivity contribution is 0.0636. The Bertz CT molecular complexity index is 1110. The van der Waals surface area contributed by atoms with Gasteiger partial charge in [0, 0.05) is 34.4 Å². The molecule has 1 N–H and O–H groups in total. The number of nitrogens with one attached hydrogen (secondary N) is 1. The van der Waals surface area contributed by atoms with E-state index >= 15 is 0 Å². The summed E-state index contributed by atoms with van der Waals surface area (Å²) in [6, 6.07) is 15.5. The van der Waals surface area contributed by atoms with Crippen LogP contribution >= 0.6 is 0 Å². The summed E-state index contributed by atoms with van der Waals surface area (Å²) in [5.74, 6) is 0.740. The fourth-order valence-electron chi connectivity index (χ4n) is 2.97. The smallest absolute Gasteiger partial charge is 0.412 e. The third kappa shape index (κ3) is 3.62. The maximum absolute atomic E-state index is 12.1. The van der Waals surface area contributed by atoms with Crippen LogP contribution in [0.25, 0.3) is 33.1 Å². The van der Waals surface area contributed by atoms with E-state index in [9.17, 15) is 4.79 Å². The molecule has 4 rings (SSSR count). The van der Waals surface area contributed by atoms with Gasteiger partial charge in [0.05, 0.1) is 0 Å². The number of hydrogen-bond acceptors (Lipinski definition) is 4. The molecule has 0 spiro atoms. The predicted molar refractivity (Wildman–Crippen MR) is 107 cm³/mol. The van der Waals surface area contributed by atoms with Crippen molar-refractivity contribution >= 4 is 33.5 Å². The molecule has 27 heavy (non-hydrogen) atoms. The van der Waals surface area contributed by atoms with Gasteiger partial charge >= 0.3 is 6.09 Å². The number of nitrogens with zero attached hydrogens (tertiary/aromatic N) is 1. The third-order valence-corrected chi connectivity index (χ3v) is 4.10. The average molecular weight is 360 g/mol. The summed E-state index contributed by atoms with van der Waals surface area (Å²) in [4.78, 5) is 16.4. The molecule has 0 unspecified atom stereocenters. The SMILES string of the molecule is CC(C)(C)OC(=O)Nc1ccc2cncc(-c3cc4ccccc4o3)c2c1. The van der Waals surface area contributed by atoms with Gasteiger partial charge in [-0.05, 0) is 50.4 Å². The number of ether oxygens (including phenoxy) is 1. The van der Waals surface area contributed by atoms with Crippen molar-refractivity contribution in [2.75, 3.05) is 5.32 Å². The molecule has 4 aromatic rings. The fraction of sp³-hybridized carbons (Fsp3) is 0.182. The highest BCUT2D eigenvalue weighted by molar-refractivity contribution is 5.99. The highest BCUT2D eigenvalue weighted by atomic mass is 16.6. The summed E-state index contributed by atoms with van der Waals surface area (Å²) in [6.07, 6.45) is 3.08. The zero-order valence-electron chi connectivity index (χ0n) is 15.4. The zero-order chi connectivity index (χ0) is 19.0. The molecule has 0 aliphatic rings. The topological polar surface area (TPSA) is 64.4 Å². The minimum absolute atomic E-state index is 0.485. The molecule has 0 atom stereocenters. The summed E-state index contributed by atoms with van der Waals surface area (Å²) in [7, 11) is 0. The standard InChI is InChI=1S/C22H20N2O3/c1-22(2,3)27-21(25)24-16-9-8-15-12-23-13-18(17(15)11-16)20-10-14-6-4-5-7-19(14)26-20/h4-13H,1-3H3,(H,24,25). The van der Waals surface area contributed by atoms with E-state index in [0.29, 0.717) is 5.69 Å². The molecule has 2 heterocycles. The van der Waals surface area contributed by atoms with Crippen LogP contribution in [0.5, 0.6) is 0 Å². The number of fused-ring (bicyclic) bond motifs is 2. The van der Waals surface area contributed by atoms with E-state index in [-0.39, 0.29) is 0 Å². The van der Waals surface area contributed by atoms with Crippen LogP contribution in [-0.4, -0.2) is 16.7 Å². The maximum Gasteiger partial charge on any atom is 0.412 e. The fourth-order valence-corrected chi connectivity index (χ4v) is 2.97. The van der Waals surface area contributed by atoms with Gasteiger partial charge in [-0.25, -0.2) is 4.79 Å². The molecule has 2 aromatic carbocycles. The molecular formula is C22H20N2O3. The monoisotopic (exact) mass is 360 g/mol. The van der Waals surface area contributed by atoms with Crippen LogP contribution in [0.2, 0.25) is 0 Å². The summed E-state index contributed by atoms with van der Waals surface area (Å²) in [6.45, 7) is 5.49. The number of rotatable bonds is 2. The number of aromatic nitrogens is 1. The van der Waals surface area contributed by atoms with Crippen LogP contribution in [0.4, 0.5) is 10.5 Å². The van der Waals surface area contributed by atoms with Crippen molar-refractivity contribution in [3.63, 3.8) is 0 Å². The van der Waals surface area contributed by atoms with Crippen molar-refractivity contribution in [3.05, 3.63) is 60.9 Å². The third-order valence-electron chi connectivity index (χ3n) is 4.10. The minimum Gasteiger partial charge on any atom is -0.456 e. The van der Waals surface area contributed by atoms with Crippen molar-refractivity contribution in [3.8, 4) is 11.3 Å². The van der Waals surface area contributed by atoms with E-state index in [0.717, 1.165) is 33.1 Å². The largest absolute Gasteiger partial charge is 0.456 e. The highest BCUT2D eigenvalue weighted by Crippen LogP contribution is 2.33. The van der Waals surface area contributed by atoms with Crippen molar-refractivity contribution in [1.29, 1.82) is 0 Å². The Labute approximate surface area is 157 Å². The first-order valence-electron chi connectivity index (χ1n) is 8.76. The maximum atomic E-state index is 12.1.